The maximum absolute atomic E-state index is 13.1. The van der Waals surface area contributed by atoms with Crippen LogP contribution in [-0.4, -0.2) is 39.9 Å². The summed E-state index contributed by atoms with van der Waals surface area (Å²) in [4.78, 5) is 24.3. The second-order valence-corrected chi connectivity index (χ2v) is 5.13. The lowest BCUT2D eigenvalue weighted by Gasteiger charge is -2.42. The maximum atomic E-state index is 13.1. The van der Waals surface area contributed by atoms with Gasteiger partial charge in [0.25, 0.3) is 0 Å². The van der Waals surface area contributed by atoms with Crippen LogP contribution in [0.4, 0.5) is 8.78 Å². The largest absolute Gasteiger partial charge is 0.480 e. The van der Waals surface area contributed by atoms with Crippen LogP contribution in [0.3, 0.4) is 0 Å². The Morgan fingerprint density at radius 2 is 1.89 bits per heavy atom. The van der Waals surface area contributed by atoms with Crippen LogP contribution in [0.15, 0.2) is 0 Å². The van der Waals surface area contributed by atoms with E-state index in [0.29, 0.717) is 19.3 Å². The van der Waals surface area contributed by atoms with Crippen molar-refractivity contribution < 1.29 is 23.5 Å². The van der Waals surface area contributed by atoms with Gasteiger partial charge in [0.2, 0.25) is 11.8 Å². The number of piperidine rings is 1. The molecule has 18 heavy (non-hydrogen) atoms. The van der Waals surface area contributed by atoms with Gasteiger partial charge in [-0.05, 0) is 25.7 Å². The molecular weight excluding hydrogens is 244 g/mol. The predicted octanol–water partition coefficient (Wildman–Crippen LogP) is 2.03. The molecule has 1 saturated carbocycles. The monoisotopic (exact) mass is 261 g/mol. The summed E-state index contributed by atoms with van der Waals surface area (Å²) in [5.41, 5.74) is 0. The number of carbonyl (C=O) groups is 2. The molecule has 1 heterocycles. The van der Waals surface area contributed by atoms with Crippen LogP contribution in [0, 0.1) is 0 Å². The summed E-state index contributed by atoms with van der Waals surface area (Å²) >= 11 is 0. The molecule has 2 rings (SSSR count). The molecule has 0 aromatic carbocycles. The van der Waals surface area contributed by atoms with Crippen molar-refractivity contribution in [2.24, 2.45) is 0 Å². The number of halogens is 2. The number of carboxylic acid groups (broad SMARTS) is 1. The maximum Gasteiger partial charge on any atom is 0.326 e. The molecule has 1 N–H and O–H groups in total. The van der Waals surface area contributed by atoms with Crippen molar-refractivity contribution in [2.75, 3.05) is 0 Å². The van der Waals surface area contributed by atoms with Gasteiger partial charge in [-0.1, -0.05) is 0 Å². The van der Waals surface area contributed by atoms with Gasteiger partial charge in [-0.25, -0.2) is 13.6 Å². The molecule has 1 aliphatic carbocycles. The van der Waals surface area contributed by atoms with Crippen molar-refractivity contribution in [2.45, 2.75) is 63.0 Å². The molecule has 0 unspecified atom stereocenters. The number of rotatable bonds is 2. The average Bonchev–Trinajstić information content (AvgIpc) is 2.29. The minimum atomic E-state index is -2.66. The summed E-state index contributed by atoms with van der Waals surface area (Å²) in [7, 11) is 0. The highest BCUT2D eigenvalue weighted by atomic mass is 19.3. The quantitative estimate of drug-likeness (QED) is 0.827. The van der Waals surface area contributed by atoms with E-state index in [1.807, 2.05) is 0 Å². The van der Waals surface area contributed by atoms with Crippen molar-refractivity contribution in [3.63, 3.8) is 0 Å². The van der Waals surface area contributed by atoms with Crippen LogP contribution >= 0.6 is 0 Å². The lowest BCUT2D eigenvalue weighted by atomic mass is 9.88. The Hall–Kier alpha value is -1.20. The fourth-order valence-electron chi connectivity index (χ4n) is 2.89. The Bertz CT molecular complexity index is 349. The van der Waals surface area contributed by atoms with E-state index < -0.39 is 17.9 Å². The Balaban J connectivity index is 2.09. The van der Waals surface area contributed by atoms with Crippen molar-refractivity contribution in [3.05, 3.63) is 0 Å². The number of aliphatic carboxylic acids is 1. The first kappa shape index (κ1) is 13.2. The summed E-state index contributed by atoms with van der Waals surface area (Å²) < 4.78 is 26.2. The molecule has 0 aromatic heterocycles. The average molecular weight is 261 g/mol. The molecule has 4 nitrogen and oxygen atoms in total. The molecule has 1 aliphatic heterocycles. The van der Waals surface area contributed by atoms with E-state index in [0.717, 1.165) is 0 Å². The van der Waals surface area contributed by atoms with Gasteiger partial charge >= 0.3 is 5.97 Å². The molecule has 102 valence electrons. The Morgan fingerprint density at radius 1 is 1.28 bits per heavy atom. The van der Waals surface area contributed by atoms with Crippen LogP contribution in [0.2, 0.25) is 0 Å². The first-order chi connectivity index (χ1) is 8.41. The molecule has 1 saturated heterocycles. The van der Waals surface area contributed by atoms with Gasteiger partial charge in [-0.2, -0.15) is 0 Å². The van der Waals surface area contributed by atoms with Gasteiger partial charge in [-0.15, -0.1) is 0 Å². The smallest absolute Gasteiger partial charge is 0.326 e. The zero-order valence-corrected chi connectivity index (χ0v) is 10.1. The molecule has 0 spiro atoms. The minimum Gasteiger partial charge on any atom is -0.480 e. The molecule has 6 heteroatoms. The summed E-state index contributed by atoms with van der Waals surface area (Å²) in [6, 6.07) is -1.17. The number of nitrogens with zero attached hydrogens (tertiary/aromatic N) is 1. The van der Waals surface area contributed by atoms with Crippen LogP contribution < -0.4 is 0 Å². The number of hydrogen-bond donors (Lipinski definition) is 1. The summed E-state index contributed by atoms with van der Waals surface area (Å²) in [6.45, 7) is 0. The number of carbonyl (C=O) groups excluding carboxylic acids is 1. The first-order valence-electron chi connectivity index (χ1n) is 6.32. The van der Waals surface area contributed by atoms with Crippen LogP contribution in [0.25, 0.3) is 0 Å². The lowest BCUT2D eigenvalue weighted by molar-refractivity contribution is -0.158. The molecule has 0 radical (unpaired) electrons. The lowest BCUT2D eigenvalue weighted by Crippen LogP contribution is -2.54. The van der Waals surface area contributed by atoms with Crippen LogP contribution in [-0.2, 0) is 9.59 Å². The third kappa shape index (κ3) is 2.62. The number of alkyl halides is 2. The zero-order valence-electron chi connectivity index (χ0n) is 10.1. The first-order valence-corrected chi connectivity index (χ1v) is 6.32. The second-order valence-electron chi connectivity index (χ2n) is 5.13. The van der Waals surface area contributed by atoms with Gasteiger partial charge in [-0.3, -0.25) is 4.79 Å². The van der Waals surface area contributed by atoms with E-state index in [1.165, 1.54) is 4.90 Å². The van der Waals surface area contributed by atoms with Gasteiger partial charge in [0.15, 0.2) is 0 Å². The number of hydrogen-bond acceptors (Lipinski definition) is 2. The van der Waals surface area contributed by atoms with E-state index in [2.05, 4.69) is 0 Å². The third-order valence-corrected chi connectivity index (χ3v) is 3.86. The fourth-order valence-corrected chi connectivity index (χ4v) is 2.89. The standard InChI is InChI=1S/C12H17F2NO3/c13-12(14)6-4-8(5-7-12)15-9(11(17)18)2-1-3-10(15)16/h8-9H,1-7H2,(H,17,18)/t9-/m0/s1. The van der Waals surface area contributed by atoms with E-state index in [-0.39, 0.29) is 37.6 Å². The van der Waals surface area contributed by atoms with Gasteiger partial charge < -0.3 is 10.0 Å². The highest BCUT2D eigenvalue weighted by Crippen LogP contribution is 2.37. The highest BCUT2D eigenvalue weighted by Gasteiger charge is 2.43. The number of amides is 1. The molecular formula is C12H17F2NO3. The van der Waals surface area contributed by atoms with Gasteiger partial charge in [0.1, 0.15) is 6.04 Å². The third-order valence-electron chi connectivity index (χ3n) is 3.86. The number of likely N-dealkylation sites (tertiary alicyclic amines) is 1. The molecule has 2 fully saturated rings. The van der Waals surface area contributed by atoms with E-state index in [1.54, 1.807) is 0 Å². The van der Waals surface area contributed by atoms with Crippen molar-refractivity contribution in [1.29, 1.82) is 0 Å². The van der Waals surface area contributed by atoms with Crippen molar-refractivity contribution >= 4 is 11.9 Å². The molecule has 1 atom stereocenters. The van der Waals surface area contributed by atoms with Crippen molar-refractivity contribution in [1.82, 2.24) is 4.90 Å². The minimum absolute atomic E-state index is 0.197. The second kappa shape index (κ2) is 4.82. The van der Waals surface area contributed by atoms with Crippen LogP contribution in [0.5, 0.6) is 0 Å². The Labute approximate surface area is 104 Å². The van der Waals surface area contributed by atoms with Gasteiger partial charge in [0, 0.05) is 25.3 Å². The summed E-state index contributed by atoms with van der Waals surface area (Å²) in [6.07, 6.45) is 1.20. The van der Waals surface area contributed by atoms with E-state index >= 15 is 0 Å². The molecule has 0 bridgehead atoms. The van der Waals surface area contributed by atoms with Gasteiger partial charge in [0.05, 0.1) is 0 Å². The SMILES string of the molecule is O=C(O)[C@@H]1CCCC(=O)N1C1CCC(F)(F)CC1. The molecule has 0 aromatic rings. The van der Waals surface area contributed by atoms with Crippen molar-refractivity contribution in [3.8, 4) is 0 Å². The normalized spacial score (nSPS) is 29.3. The number of carboxylic acids is 1. The molecule has 2 aliphatic rings. The Morgan fingerprint density at radius 3 is 2.44 bits per heavy atom. The zero-order chi connectivity index (χ0) is 13.3. The summed E-state index contributed by atoms with van der Waals surface area (Å²) in [5.74, 6) is -3.89. The summed E-state index contributed by atoms with van der Waals surface area (Å²) in [5, 5.41) is 9.12. The molecule has 1 amide bonds. The van der Waals surface area contributed by atoms with E-state index in [9.17, 15) is 18.4 Å². The van der Waals surface area contributed by atoms with Crippen LogP contribution in [0.1, 0.15) is 44.9 Å². The predicted molar refractivity (Wildman–Crippen MR) is 59.3 cm³/mol. The Kier molecular flexibility index (Phi) is 3.54. The van der Waals surface area contributed by atoms with E-state index in [4.69, 9.17) is 5.11 Å². The fraction of sp³-hybridized carbons (Fsp3) is 0.833. The highest BCUT2D eigenvalue weighted by molar-refractivity contribution is 5.85. The topological polar surface area (TPSA) is 57.6 Å².